The number of anilines is 1. The average molecular weight is 448 g/mol. The maximum atomic E-state index is 12.5. The summed E-state index contributed by atoms with van der Waals surface area (Å²) in [5, 5.41) is 5.34. The van der Waals surface area contributed by atoms with Crippen LogP contribution in [0.2, 0.25) is 0 Å². The van der Waals surface area contributed by atoms with Crippen LogP contribution in [0.5, 0.6) is 5.75 Å². The van der Waals surface area contributed by atoms with Crippen LogP contribution < -0.4 is 15.4 Å². The summed E-state index contributed by atoms with van der Waals surface area (Å²) in [6, 6.07) is 16.7. The number of hydrogen-bond donors (Lipinski definition) is 2. The molecule has 1 unspecified atom stereocenters. The highest BCUT2D eigenvalue weighted by atomic mass is 16.5. The minimum atomic E-state index is -0.731. The van der Waals surface area contributed by atoms with E-state index in [2.05, 4.69) is 10.6 Å². The molecule has 0 spiro atoms. The van der Waals surface area contributed by atoms with Gasteiger partial charge in [-0.2, -0.15) is 0 Å². The lowest BCUT2D eigenvalue weighted by Gasteiger charge is -2.12. The summed E-state index contributed by atoms with van der Waals surface area (Å²) in [6.07, 6.45) is 4.50. The second-order valence-corrected chi connectivity index (χ2v) is 7.02. The first-order chi connectivity index (χ1) is 16.0. The Hall–Kier alpha value is -4.33. The zero-order chi connectivity index (χ0) is 23.6. The summed E-state index contributed by atoms with van der Waals surface area (Å²) in [7, 11) is 1.58. The number of para-hydroxylation sites is 1. The highest BCUT2D eigenvalue weighted by molar-refractivity contribution is 6.06. The van der Waals surface area contributed by atoms with Crippen LogP contribution >= 0.6 is 0 Å². The van der Waals surface area contributed by atoms with Gasteiger partial charge in [0.15, 0.2) is 6.61 Å². The molecule has 1 atom stereocenters. The van der Waals surface area contributed by atoms with Crippen LogP contribution in [0.15, 0.2) is 77.4 Å². The molecule has 0 aliphatic rings. The molecule has 2 aromatic carbocycles. The van der Waals surface area contributed by atoms with Gasteiger partial charge in [0.05, 0.1) is 30.7 Å². The number of rotatable bonds is 9. The predicted octanol–water partition coefficient (Wildman–Crippen LogP) is 3.97. The lowest BCUT2D eigenvalue weighted by atomic mass is 10.1. The Balaban J connectivity index is 1.56. The monoisotopic (exact) mass is 448 g/mol. The van der Waals surface area contributed by atoms with Gasteiger partial charge >= 0.3 is 5.97 Å². The van der Waals surface area contributed by atoms with Crippen LogP contribution in [0.1, 0.15) is 34.6 Å². The highest BCUT2D eigenvalue weighted by Gasteiger charge is 2.17. The molecule has 33 heavy (non-hydrogen) atoms. The number of nitrogens with one attached hydrogen (secondary N) is 2. The van der Waals surface area contributed by atoms with Crippen LogP contribution in [0.4, 0.5) is 5.69 Å². The summed E-state index contributed by atoms with van der Waals surface area (Å²) in [5.74, 6) is -0.323. The lowest BCUT2D eigenvalue weighted by Crippen LogP contribution is -2.31. The number of hydrogen-bond acceptors (Lipinski definition) is 6. The summed E-state index contributed by atoms with van der Waals surface area (Å²) in [4.78, 5) is 36.9. The molecule has 8 nitrogen and oxygen atoms in total. The fourth-order valence-electron chi connectivity index (χ4n) is 2.93. The Labute approximate surface area is 191 Å². The smallest absolute Gasteiger partial charge is 0.340 e. The van der Waals surface area contributed by atoms with Crippen molar-refractivity contribution >= 4 is 29.5 Å². The van der Waals surface area contributed by atoms with Gasteiger partial charge in [0, 0.05) is 6.08 Å². The van der Waals surface area contributed by atoms with Gasteiger partial charge in [-0.1, -0.05) is 24.3 Å². The molecule has 0 radical (unpaired) electrons. The summed E-state index contributed by atoms with van der Waals surface area (Å²) < 4.78 is 15.5. The molecular formula is C25H24N2O6. The first kappa shape index (κ1) is 23.3. The third kappa shape index (κ3) is 6.83. The van der Waals surface area contributed by atoms with Gasteiger partial charge in [-0.05, 0) is 55.0 Å². The van der Waals surface area contributed by atoms with Gasteiger partial charge in [0.1, 0.15) is 11.5 Å². The van der Waals surface area contributed by atoms with Gasteiger partial charge < -0.3 is 24.5 Å². The first-order valence-corrected chi connectivity index (χ1v) is 10.2. The average Bonchev–Trinajstić information content (AvgIpc) is 3.37. The van der Waals surface area contributed by atoms with E-state index < -0.39 is 24.4 Å². The number of carbonyl (C=O) groups is 3. The molecule has 0 fully saturated rings. The molecule has 0 saturated heterocycles. The van der Waals surface area contributed by atoms with Crippen LogP contribution in [-0.2, 0) is 14.3 Å². The molecule has 3 rings (SSSR count). The second-order valence-electron chi connectivity index (χ2n) is 7.02. The van der Waals surface area contributed by atoms with Gasteiger partial charge in [0.2, 0.25) is 5.91 Å². The molecule has 2 N–H and O–H groups in total. The fraction of sp³-hybridized carbons (Fsp3) is 0.160. The molecule has 0 aliphatic heterocycles. The highest BCUT2D eigenvalue weighted by Crippen LogP contribution is 2.17. The van der Waals surface area contributed by atoms with E-state index in [1.165, 1.54) is 18.4 Å². The standard InChI is InChI=1S/C25H24N2O6/c1-17(22-8-5-15-32-22)26-24(29)16-33-25(30)20-6-3-4-7-21(20)27-23(28)14-11-18-9-12-19(31-2)13-10-18/h3-15,17H,16H2,1-2H3,(H,26,29)(H,27,28)/b14-11+. The SMILES string of the molecule is COc1ccc(/C=C/C(=O)Nc2ccccc2C(=O)OCC(=O)NC(C)c2ccco2)cc1. The van der Waals surface area contributed by atoms with Crippen molar-refractivity contribution in [3.63, 3.8) is 0 Å². The number of esters is 1. The minimum absolute atomic E-state index is 0.135. The van der Waals surface area contributed by atoms with Crippen LogP contribution in [0.25, 0.3) is 6.08 Å². The maximum absolute atomic E-state index is 12.5. The summed E-state index contributed by atoms with van der Waals surface area (Å²) in [6.45, 7) is 1.28. The molecule has 3 aromatic rings. The number of methoxy groups -OCH3 is 1. The Kier molecular flexibility index (Phi) is 8.02. The number of benzene rings is 2. The minimum Gasteiger partial charge on any atom is -0.497 e. The number of amides is 2. The zero-order valence-corrected chi connectivity index (χ0v) is 18.2. The van der Waals surface area contributed by atoms with Gasteiger partial charge in [-0.25, -0.2) is 4.79 Å². The van der Waals surface area contributed by atoms with Crippen molar-refractivity contribution < 1.29 is 28.3 Å². The van der Waals surface area contributed by atoms with Crippen molar-refractivity contribution in [3.05, 3.63) is 89.9 Å². The van der Waals surface area contributed by atoms with E-state index in [1.54, 1.807) is 62.6 Å². The Morgan fingerprint density at radius 1 is 1.03 bits per heavy atom. The third-order valence-electron chi connectivity index (χ3n) is 4.63. The second kappa shape index (κ2) is 11.3. The van der Waals surface area contributed by atoms with E-state index in [-0.39, 0.29) is 17.3 Å². The van der Waals surface area contributed by atoms with E-state index >= 15 is 0 Å². The number of carbonyl (C=O) groups excluding carboxylic acids is 3. The van der Waals surface area contributed by atoms with Crippen molar-refractivity contribution in [2.75, 3.05) is 19.0 Å². The Bertz CT molecular complexity index is 1120. The third-order valence-corrected chi connectivity index (χ3v) is 4.63. The molecule has 8 heteroatoms. The molecule has 2 amide bonds. The Morgan fingerprint density at radius 3 is 2.48 bits per heavy atom. The summed E-state index contributed by atoms with van der Waals surface area (Å²) >= 11 is 0. The quantitative estimate of drug-likeness (QED) is 0.379. The summed E-state index contributed by atoms with van der Waals surface area (Å²) in [5.41, 5.74) is 1.22. The van der Waals surface area contributed by atoms with Gasteiger partial charge in [-0.15, -0.1) is 0 Å². The topological polar surface area (TPSA) is 107 Å². The lowest BCUT2D eigenvalue weighted by molar-refractivity contribution is -0.125. The van der Waals surface area contributed by atoms with E-state index in [0.29, 0.717) is 11.5 Å². The predicted molar refractivity (Wildman–Crippen MR) is 123 cm³/mol. The fourth-order valence-corrected chi connectivity index (χ4v) is 2.93. The van der Waals surface area contributed by atoms with E-state index in [9.17, 15) is 14.4 Å². The molecular weight excluding hydrogens is 424 g/mol. The number of furan rings is 1. The Morgan fingerprint density at radius 2 is 1.79 bits per heavy atom. The molecule has 1 heterocycles. The normalized spacial score (nSPS) is 11.6. The maximum Gasteiger partial charge on any atom is 0.340 e. The molecule has 0 bridgehead atoms. The van der Waals surface area contributed by atoms with Crippen molar-refractivity contribution in [2.45, 2.75) is 13.0 Å². The molecule has 0 saturated carbocycles. The van der Waals surface area contributed by atoms with E-state index in [1.807, 2.05) is 12.1 Å². The van der Waals surface area contributed by atoms with Crippen molar-refractivity contribution in [3.8, 4) is 5.75 Å². The number of ether oxygens (including phenoxy) is 2. The van der Waals surface area contributed by atoms with Crippen molar-refractivity contribution in [1.82, 2.24) is 5.32 Å². The zero-order valence-electron chi connectivity index (χ0n) is 18.2. The van der Waals surface area contributed by atoms with Crippen molar-refractivity contribution in [1.29, 1.82) is 0 Å². The van der Waals surface area contributed by atoms with Crippen molar-refractivity contribution in [2.24, 2.45) is 0 Å². The largest absolute Gasteiger partial charge is 0.497 e. The molecule has 1 aromatic heterocycles. The van der Waals surface area contributed by atoms with Gasteiger partial charge in [0.25, 0.3) is 5.91 Å². The molecule has 170 valence electrons. The van der Waals surface area contributed by atoms with Crippen LogP contribution in [0.3, 0.4) is 0 Å². The first-order valence-electron chi connectivity index (χ1n) is 10.2. The van der Waals surface area contributed by atoms with Gasteiger partial charge in [-0.3, -0.25) is 9.59 Å². The van der Waals surface area contributed by atoms with E-state index in [0.717, 1.165) is 5.56 Å². The van der Waals surface area contributed by atoms with Crippen LogP contribution in [0, 0.1) is 0 Å². The van der Waals surface area contributed by atoms with E-state index in [4.69, 9.17) is 13.9 Å². The van der Waals surface area contributed by atoms with Crippen LogP contribution in [-0.4, -0.2) is 31.5 Å². The molecule has 0 aliphatic carbocycles.